The molecule has 4 heterocycles. The molecule has 1 aliphatic carbocycles. The summed E-state index contributed by atoms with van der Waals surface area (Å²) in [5.41, 5.74) is 6.12. The molecule has 0 amide bonds. The van der Waals surface area contributed by atoms with Gasteiger partial charge in [-0.25, -0.2) is 4.98 Å². The van der Waals surface area contributed by atoms with Gasteiger partial charge in [0.25, 0.3) is 0 Å². The second kappa shape index (κ2) is 7.89. The highest BCUT2D eigenvalue weighted by Crippen LogP contribution is 2.31. The van der Waals surface area contributed by atoms with Crippen molar-refractivity contribution in [2.24, 2.45) is 0 Å². The minimum Gasteiger partial charge on any atom is -0.381 e. The van der Waals surface area contributed by atoms with E-state index in [0.29, 0.717) is 18.6 Å². The fraction of sp³-hybridized carbons (Fsp3) is 0.480. The van der Waals surface area contributed by atoms with Gasteiger partial charge in [-0.15, -0.1) is 0 Å². The lowest BCUT2D eigenvalue weighted by atomic mass is 9.91. The lowest BCUT2D eigenvalue weighted by molar-refractivity contribution is 0.0781. The standard InChI is InChI=1S/C25H30N6O/c1-15(2)20-13-26-31-24(20)29-23(16-6-5-11-32-14-16)30-25(31)27-17-9-10-22-19(12-17)18-7-3-4-8-21(18)28-22/h3-4,7-8,13,15-17,28H,5-6,9-12,14H2,1-2H3,(H,27,29,30)/t16-,17?/m0/s1. The molecule has 2 atom stereocenters. The molecule has 1 aliphatic heterocycles. The monoisotopic (exact) mass is 430 g/mol. The van der Waals surface area contributed by atoms with Crippen molar-refractivity contribution in [1.29, 1.82) is 0 Å². The van der Waals surface area contributed by atoms with Crippen LogP contribution in [-0.2, 0) is 17.6 Å². The maximum atomic E-state index is 5.74. The zero-order chi connectivity index (χ0) is 21.7. The third-order valence-corrected chi connectivity index (χ3v) is 6.99. The van der Waals surface area contributed by atoms with Crippen molar-refractivity contribution in [2.75, 3.05) is 18.5 Å². The molecular weight excluding hydrogens is 400 g/mol. The fourth-order valence-electron chi connectivity index (χ4n) is 5.21. The molecule has 1 aromatic carbocycles. The molecular formula is C25H30N6O. The number of hydrogen-bond donors (Lipinski definition) is 2. The number of nitrogens with zero attached hydrogens (tertiary/aromatic N) is 4. The number of rotatable bonds is 4. The number of ether oxygens (including phenoxy) is 1. The van der Waals surface area contributed by atoms with Gasteiger partial charge >= 0.3 is 0 Å². The Labute approximate surface area is 187 Å². The SMILES string of the molecule is CC(C)c1cnn2c(NC3CCc4[nH]c5ccccc5c4C3)nc([C@H]3CCCOC3)nc12. The van der Waals surface area contributed by atoms with Crippen LogP contribution in [0.3, 0.4) is 0 Å². The number of anilines is 1. The summed E-state index contributed by atoms with van der Waals surface area (Å²) in [6.07, 6.45) is 7.15. The molecule has 7 nitrogen and oxygen atoms in total. The van der Waals surface area contributed by atoms with Crippen LogP contribution in [0.4, 0.5) is 5.95 Å². The zero-order valence-electron chi connectivity index (χ0n) is 18.8. The van der Waals surface area contributed by atoms with Crippen LogP contribution in [-0.4, -0.2) is 43.8 Å². The number of nitrogens with one attached hydrogen (secondary N) is 2. The van der Waals surface area contributed by atoms with Crippen molar-refractivity contribution in [1.82, 2.24) is 24.6 Å². The maximum absolute atomic E-state index is 5.74. The Hall–Kier alpha value is -2.93. The van der Waals surface area contributed by atoms with E-state index in [-0.39, 0.29) is 5.92 Å². The molecule has 0 saturated carbocycles. The second-order valence-electron chi connectivity index (χ2n) is 9.52. The Kier molecular flexibility index (Phi) is 4.86. The van der Waals surface area contributed by atoms with Crippen molar-refractivity contribution >= 4 is 22.5 Å². The van der Waals surface area contributed by atoms with Gasteiger partial charge in [0.05, 0.1) is 12.8 Å². The van der Waals surface area contributed by atoms with E-state index in [9.17, 15) is 0 Å². The molecule has 1 unspecified atom stereocenters. The summed E-state index contributed by atoms with van der Waals surface area (Å²) >= 11 is 0. The quantitative estimate of drug-likeness (QED) is 0.495. The van der Waals surface area contributed by atoms with E-state index in [1.807, 2.05) is 10.7 Å². The highest BCUT2D eigenvalue weighted by molar-refractivity contribution is 5.85. The largest absolute Gasteiger partial charge is 0.381 e. The first-order chi connectivity index (χ1) is 15.7. The third kappa shape index (κ3) is 3.35. The molecule has 2 N–H and O–H groups in total. The van der Waals surface area contributed by atoms with Gasteiger partial charge in [0, 0.05) is 40.7 Å². The first-order valence-corrected chi connectivity index (χ1v) is 11.9. The molecule has 0 spiro atoms. The molecule has 1 fully saturated rings. The number of aromatic amines is 1. The Morgan fingerprint density at radius 1 is 1.19 bits per heavy atom. The van der Waals surface area contributed by atoms with Crippen LogP contribution < -0.4 is 5.32 Å². The van der Waals surface area contributed by atoms with Crippen LogP contribution in [0.25, 0.3) is 16.6 Å². The van der Waals surface area contributed by atoms with Crippen LogP contribution in [0.1, 0.15) is 67.6 Å². The first kappa shape index (κ1) is 19.7. The van der Waals surface area contributed by atoms with Gasteiger partial charge in [0.1, 0.15) is 5.82 Å². The van der Waals surface area contributed by atoms with E-state index in [2.05, 4.69) is 53.5 Å². The average Bonchev–Trinajstić information content (AvgIpc) is 3.41. The van der Waals surface area contributed by atoms with Gasteiger partial charge in [-0.2, -0.15) is 14.6 Å². The smallest absolute Gasteiger partial charge is 0.227 e. The predicted octanol–water partition coefficient (Wildman–Crippen LogP) is 4.59. The summed E-state index contributed by atoms with van der Waals surface area (Å²) in [5.74, 6) is 2.28. The van der Waals surface area contributed by atoms with Crippen molar-refractivity contribution in [2.45, 2.75) is 63.8 Å². The molecule has 2 aliphatic rings. The Bertz CT molecular complexity index is 1270. The van der Waals surface area contributed by atoms with Crippen LogP contribution in [0.5, 0.6) is 0 Å². The van der Waals surface area contributed by atoms with E-state index in [4.69, 9.17) is 14.7 Å². The Balaban J connectivity index is 1.36. The predicted molar refractivity (Wildman–Crippen MR) is 125 cm³/mol. The number of H-pyrrole nitrogens is 1. The molecule has 166 valence electrons. The second-order valence-corrected chi connectivity index (χ2v) is 9.52. The van der Waals surface area contributed by atoms with Crippen molar-refractivity contribution in [3.8, 4) is 0 Å². The highest BCUT2D eigenvalue weighted by atomic mass is 16.5. The van der Waals surface area contributed by atoms with Crippen molar-refractivity contribution in [3.05, 3.63) is 53.1 Å². The minimum atomic E-state index is 0.246. The number of hydrogen-bond acceptors (Lipinski definition) is 5. The Morgan fingerprint density at radius 2 is 2.09 bits per heavy atom. The number of para-hydroxylation sites is 1. The molecule has 4 aromatic rings. The van der Waals surface area contributed by atoms with Crippen LogP contribution in [0.15, 0.2) is 30.5 Å². The third-order valence-electron chi connectivity index (χ3n) is 6.99. The molecule has 0 bridgehead atoms. The molecule has 7 heteroatoms. The highest BCUT2D eigenvalue weighted by Gasteiger charge is 2.26. The summed E-state index contributed by atoms with van der Waals surface area (Å²) in [6.45, 7) is 5.91. The van der Waals surface area contributed by atoms with Crippen LogP contribution >= 0.6 is 0 Å². The minimum absolute atomic E-state index is 0.246. The van der Waals surface area contributed by atoms with E-state index in [0.717, 1.165) is 61.7 Å². The number of fused-ring (bicyclic) bond motifs is 4. The summed E-state index contributed by atoms with van der Waals surface area (Å²) in [6, 6.07) is 8.91. The first-order valence-electron chi connectivity index (χ1n) is 11.9. The van der Waals surface area contributed by atoms with Gasteiger partial charge in [-0.3, -0.25) is 0 Å². The molecule has 3 aromatic heterocycles. The lowest BCUT2D eigenvalue weighted by Crippen LogP contribution is -2.29. The van der Waals surface area contributed by atoms with E-state index in [1.165, 1.54) is 22.2 Å². The van der Waals surface area contributed by atoms with Gasteiger partial charge in [-0.05, 0) is 49.7 Å². The number of aryl methyl sites for hydroxylation is 1. The molecule has 0 radical (unpaired) electrons. The summed E-state index contributed by atoms with van der Waals surface area (Å²) < 4.78 is 7.64. The Morgan fingerprint density at radius 3 is 2.94 bits per heavy atom. The zero-order valence-corrected chi connectivity index (χ0v) is 18.8. The normalized spacial score (nSPS) is 21.3. The number of benzene rings is 1. The van der Waals surface area contributed by atoms with Crippen LogP contribution in [0.2, 0.25) is 0 Å². The van der Waals surface area contributed by atoms with Gasteiger partial charge in [-0.1, -0.05) is 32.0 Å². The summed E-state index contributed by atoms with van der Waals surface area (Å²) in [7, 11) is 0. The number of aromatic nitrogens is 5. The van der Waals surface area contributed by atoms with Gasteiger partial charge in [0.2, 0.25) is 5.95 Å². The summed E-state index contributed by atoms with van der Waals surface area (Å²) in [5, 5.41) is 9.75. The molecule has 6 rings (SSSR count). The van der Waals surface area contributed by atoms with E-state index in [1.54, 1.807) is 0 Å². The van der Waals surface area contributed by atoms with Crippen molar-refractivity contribution < 1.29 is 4.74 Å². The van der Waals surface area contributed by atoms with Crippen molar-refractivity contribution in [3.63, 3.8) is 0 Å². The van der Waals surface area contributed by atoms with E-state index < -0.39 is 0 Å². The average molecular weight is 431 g/mol. The van der Waals surface area contributed by atoms with Gasteiger partial charge < -0.3 is 15.0 Å². The molecule has 1 saturated heterocycles. The van der Waals surface area contributed by atoms with Crippen LogP contribution in [0, 0.1) is 0 Å². The topological polar surface area (TPSA) is 80.1 Å². The van der Waals surface area contributed by atoms with E-state index >= 15 is 0 Å². The lowest BCUT2D eigenvalue weighted by Gasteiger charge is -2.25. The summed E-state index contributed by atoms with van der Waals surface area (Å²) in [4.78, 5) is 13.6. The maximum Gasteiger partial charge on any atom is 0.227 e. The fourth-order valence-corrected chi connectivity index (χ4v) is 5.21. The molecule has 32 heavy (non-hydrogen) atoms. The van der Waals surface area contributed by atoms with Gasteiger partial charge in [0.15, 0.2) is 5.65 Å².